The Morgan fingerprint density at radius 1 is 1.06 bits per heavy atom. The van der Waals surface area contributed by atoms with Crippen LogP contribution in [-0.2, 0) is 11.2 Å². The summed E-state index contributed by atoms with van der Waals surface area (Å²) in [5, 5.41) is 11.3. The molecule has 2 aromatic rings. The molecule has 1 unspecified atom stereocenters. The first-order valence-corrected chi connectivity index (χ1v) is 12.0. The van der Waals surface area contributed by atoms with Gasteiger partial charge in [-0.25, -0.2) is 0 Å². The van der Waals surface area contributed by atoms with Crippen molar-refractivity contribution in [2.45, 2.75) is 44.3 Å². The first kappa shape index (κ1) is 24.6. The van der Waals surface area contributed by atoms with E-state index in [0.717, 1.165) is 29.0 Å². The number of amidine groups is 1. The van der Waals surface area contributed by atoms with Crippen LogP contribution in [0.2, 0.25) is 0 Å². The molecule has 1 amide bonds. The summed E-state index contributed by atoms with van der Waals surface area (Å²) in [5.74, 6) is 2.08. The summed E-state index contributed by atoms with van der Waals surface area (Å²) in [6.07, 6.45) is 6.83. The second-order valence-corrected chi connectivity index (χ2v) is 8.81. The van der Waals surface area contributed by atoms with E-state index in [4.69, 9.17) is 14.2 Å². The van der Waals surface area contributed by atoms with E-state index < -0.39 is 0 Å². The molecule has 0 radical (unpaired) electrons. The molecule has 1 heterocycles. The molecule has 0 aromatic heterocycles. The van der Waals surface area contributed by atoms with Crippen molar-refractivity contribution in [3.05, 3.63) is 53.6 Å². The molecule has 33 heavy (non-hydrogen) atoms. The molecule has 1 fully saturated rings. The molecule has 1 saturated heterocycles. The Hall–Kier alpha value is -3.00. The lowest BCUT2D eigenvalue weighted by atomic mass is 10.1. The van der Waals surface area contributed by atoms with Crippen molar-refractivity contribution in [1.82, 2.24) is 5.32 Å². The van der Waals surface area contributed by atoms with E-state index in [0.29, 0.717) is 23.9 Å². The first-order chi connectivity index (χ1) is 16.1. The average molecular weight is 470 g/mol. The largest absolute Gasteiger partial charge is 0.497 e. The van der Waals surface area contributed by atoms with Crippen LogP contribution in [0.4, 0.5) is 0 Å². The molecular weight excluding hydrogens is 438 g/mol. The Kier molecular flexibility index (Phi) is 9.62. The standard InChI is InChI=1S/C25H31N3O4S/c1-4-5-6-7-13-32-21-12-11-19(15-22(21)31-3)17-26-28-25-27-24(29)23(33-25)16-18-9-8-10-20(14-18)30-2/h8-12,14-15,17,23H,4-7,13,16H2,1-3H3,(H,27,28,29). The number of carbonyl (C=O) groups is 1. The van der Waals surface area contributed by atoms with Crippen LogP contribution in [0, 0.1) is 0 Å². The monoisotopic (exact) mass is 469 g/mol. The van der Waals surface area contributed by atoms with Crippen LogP contribution in [0.1, 0.15) is 43.7 Å². The lowest BCUT2D eigenvalue weighted by Gasteiger charge is -2.11. The molecule has 0 bridgehead atoms. The van der Waals surface area contributed by atoms with E-state index in [1.54, 1.807) is 20.4 Å². The molecule has 7 nitrogen and oxygen atoms in total. The van der Waals surface area contributed by atoms with Crippen LogP contribution in [0.3, 0.4) is 0 Å². The van der Waals surface area contributed by atoms with Gasteiger partial charge >= 0.3 is 0 Å². The molecular formula is C25H31N3O4S. The highest BCUT2D eigenvalue weighted by molar-refractivity contribution is 8.15. The lowest BCUT2D eigenvalue weighted by Crippen LogP contribution is -2.25. The van der Waals surface area contributed by atoms with Gasteiger partial charge in [-0.05, 0) is 54.3 Å². The zero-order valence-corrected chi connectivity index (χ0v) is 20.2. The summed E-state index contributed by atoms with van der Waals surface area (Å²) < 4.78 is 16.6. The normalized spacial score (nSPS) is 16.9. The van der Waals surface area contributed by atoms with Gasteiger partial charge in [0.2, 0.25) is 5.91 Å². The fourth-order valence-electron chi connectivity index (χ4n) is 3.34. The predicted molar refractivity (Wildman–Crippen MR) is 134 cm³/mol. The lowest BCUT2D eigenvalue weighted by molar-refractivity contribution is -0.118. The van der Waals surface area contributed by atoms with Crippen molar-refractivity contribution in [2.24, 2.45) is 10.2 Å². The number of carbonyl (C=O) groups excluding carboxylic acids is 1. The van der Waals surface area contributed by atoms with Crippen LogP contribution in [0.25, 0.3) is 0 Å². The number of rotatable bonds is 12. The Bertz CT molecular complexity index is 993. The fourth-order valence-corrected chi connectivity index (χ4v) is 4.31. The van der Waals surface area contributed by atoms with Crippen molar-refractivity contribution in [2.75, 3.05) is 20.8 Å². The number of nitrogens with zero attached hydrogens (tertiary/aromatic N) is 2. The summed E-state index contributed by atoms with van der Waals surface area (Å²) in [6, 6.07) is 13.4. The number of amides is 1. The third-order valence-electron chi connectivity index (χ3n) is 5.13. The predicted octanol–water partition coefficient (Wildman–Crippen LogP) is 4.83. The zero-order chi connectivity index (χ0) is 23.5. The van der Waals surface area contributed by atoms with Gasteiger partial charge in [-0.1, -0.05) is 50.1 Å². The molecule has 1 aliphatic heterocycles. The maximum atomic E-state index is 12.3. The highest BCUT2D eigenvalue weighted by Gasteiger charge is 2.30. The Morgan fingerprint density at radius 2 is 1.94 bits per heavy atom. The number of unbranched alkanes of at least 4 members (excludes halogenated alkanes) is 3. The average Bonchev–Trinajstić information content (AvgIpc) is 3.18. The molecule has 2 aromatic carbocycles. The Labute approximate surface area is 199 Å². The highest BCUT2D eigenvalue weighted by Crippen LogP contribution is 2.28. The van der Waals surface area contributed by atoms with Crippen LogP contribution >= 0.6 is 11.8 Å². The van der Waals surface area contributed by atoms with Gasteiger partial charge < -0.3 is 19.5 Å². The number of hydrogen-bond donors (Lipinski definition) is 1. The van der Waals surface area contributed by atoms with E-state index in [9.17, 15) is 4.79 Å². The van der Waals surface area contributed by atoms with E-state index in [1.165, 1.54) is 31.0 Å². The molecule has 1 N–H and O–H groups in total. The van der Waals surface area contributed by atoms with Gasteiger partial charge in [0, 0.05) is 0 Å². The molecule has 1 atom stereocenters. The minimum atomic E-state index is -0.250. The summed E-state index contributed by atoms with van der Waals surface area (Å²) in [5.41, 5.74) is 1.86. The second-order valence-electron chi connectivity index (χ2n) is 7.62. The van der Waals surface area contributed by atoms with Crippen molar-refractivity contribution >= 4 is 29.1 Å². The molecule has 1 aliphatic rings. The molecule has 176 valence electrons. The third kappa shape index (κ3) is 7.53. The van der Waals surface area contributed by atoms with Crippen molar-refractivity contribution < 1.29 is 19.0 Å². The van der Waals surface area contributed by atoms with E-state index in [1.807, 2.05) is 42.5 Å². The van der Waals surface area contributed by atoms with Gasteiger partial charge in [0.25, 0.3) is 0 Å². The topological polar surface area (TPSA) is 81.5 Å². The second kappa shape index (κ2) is 12.9. The third-order valence-corrected chi connectivity index (χ3v) is 6.20. The van der Waals surface area contributed by atoms with E-state index in [2.05, 4.69) is 22.4 Å². The van der Waals surface area contributed by atoms with Crippen molar-refractivity contribution in [3.63, 3.8) is 0 Å². The van der Waals surface area contributed by atoms with Crippen molar-refractivity contribution in [1.29, 1.82) is 0 Å². The van der Waals surface area contributed by atoms with Gasteiger partial charge in [0.1, 0.15) is 5.75 Å². The smallest absolute Gasteiger partial charge is 0.239 e. The quantitative estimate of drug-likeness (QED) is 0.274. The zero-order valence-electron chi connectivity index (χ0n) is 19.4. The molecule has 3 rings (SSSR count). The van der Waals surface area contributed by atoms with Crippen LogP contribution < -0.4 is 19.5 Å². The number of methoxy groups -OCH3 is 2. The number of ether oxygens (including phenoxy) is 3. The minimum Gasteiger partial charge on any atom is -0.497 e. The maximum Gasteiger partial charge on any atom is 0.239 e. The van der Waals surface area contributed by atoms with E-state index in [-0.39, 0.29) is 11.2 Å². The fraction of sp³-hybridized carbons (Fsp3) is 0.400. The van der Waals surface area contributed by atoms with Gasteiger partial charge in [-0.3, -0.25) is 4.79 Å². The van der Waals surface area contributed by atoms with Gasteiger partial charge in [0.05, 0.1) is 32.3 Å². The SMILES string of the molecule is CCCCCCOc1ccc(C=N/N=C2/NC(=O)C(Cc3cccc(OC)c3)S2)cc1OC. The number of benzene rings is 2. The van der Waals surface area contributed by atoms with Crippen LogP contribution in [0.5, 0.6) is 17.2 Å². The van der Waals surface area contributed by atoms with Crippen molar-refractivity contribution in [3.8, 4) is 17.2 Å². The Balaban J connectivity index is 1.56. The maximum absolute atomic E-state index is 12.3. The molecule has 0 saturated carbocycles. The molecule has 0 aliphatic carbocycles. The van der Waals surface area contributed by atoms with Gasteiger partial charge in [0.15, 0.2) is 16.7 Å². The van der Waals surface area contributed by atoms with Crippen LogP contribution in [0.15, 0.2) is 52.7 Å². The van der Waals surface area contributed by atoms with Gasteiger partial charge in [-0.2, -0.15) is 5.10 Å². The first-order valence-electron chi connectivity index (χ1n) is 11.1. The number of hydrogen-bond acceptors (Lipinski definition) is 7. The minimum absolute atomic E-state index is 0.0705. The molecule has 8 heteroatoms. The Morgan fingerprint density at radius 3 is 2.73 bits per heavy atom. The van der Waals surface area contributed by atoms with E-state index >= 15 is 0 Å². The summed E-state index contributed by atoms with van der Waals surface area (Å²) in [7, 11) is 3.25. The summed E-state index contributed by atoms with van der Waals surface area (Å²) in [4.78, 5) is 12.3. The van der Waals surface area contributed by atoms with Gasteiger partial charge in [-0.15, -0.1) is 5.10 Å². The van der Waals surface area contributed by atoms with Crippen LogP contribution in [-0.4, -0.2) is 43.4 Å². The summed E-state index contributed by atoms with van der Waals surface area (Å²) >= 11 is 1.38. The number of thioether (sulfide) groups is 1. The highest BCUT2D eigenvalue weighted by atomic mass is 32.2. The summed E-state index contributed by atoms with van der Waals surface area (Å²) in [6.45, 7) is 2.86. The number of nitrogens with one attached hydrogen (secondary N) is 1. The molecule has 0 spiro atoms.